The molecule has 2 nitrogen and oxygen atoms in total. The summed E-state index contributed by atoms with van der Waals surface area (Å²) in [5.41, 5.74) is 5.42. The molecule has 0 aromatic heterocycles. The van der Waals surface area contributed by atoms with Gasteiger partial charge in [-0.05, 0) is 53.7 Å². The molecule has 158 valence electrons. The van der Waals surface area contributed by atoms with Crippen molar-refractivity contribution in [1.29, 1.82) is 0 Å². The van der Waals surface area contributed by atoms with Crippen LogP contribution in [0.15, 0.2) is 66.2 Å². The second-order valence-corrected chi connectivity index (χ2v) is 14.1. The van der Waals surface area contributed by atoms with E-state index in [0.717, 1.165) is 19.6 Å². The van der Waals surface area contributed by atoms with Crippen LogP contribution in [-0.4, -0.2) is 21.5 Å². The number of benzene rings is 2. The molecule has 0 spiro atoms. The average Bonchev–Trinajstić information content (AvgIpc) is 2.69. The Morgan fingerprint density at radius 3 is 2.03 bits per heavy atom. The van der Waals surface area contributed by atoms with Crippen molar-refractivity contribution in [3.05, 3.63) is 77.4 Å². The van der Waals surface area contributed by atoms with E-state index in [1.807, 2.05) is 0 Å². The van der Waals surface area contributed by atoms with Crippen molar-refractivity contribution in [2.75, 3.05) is 13.2 Å². The maximum absolute atomic E-state index is 6.39. The summed E-state index contributed by atoms with van der Waals surface area (Å²) >= 11 is 0. The third-order valence-corrected chi connectivity index (χ3v) is 10.8. The summed E-state index contributed by atoms with van der Waals surface area (Å²) < 4.78 is 6.39. The van der Waals surface area contributed by atoms with Crippen LogP contribution < -0.4 is 5.32 Å². The van der Waals surface area contributed by atoms with Crippen molar-refractivity contribution in [3.8, 4) is 0 Å². The zero-order valence-electron chi connectivity index (χ0n) is 19.4. The predicted molar refractivity (Wildman–Crippen MR) is 130 cm³/mol. The van der Waals surface area contributed by atoms with Gasteiger partial charge in [-0.3, -0.25) is 0 Å². The summed E-state index contributed by atoms with van der Waals surface area (Å²) in [6, 6.07) is 21.7. The molecule has 0 aliphatic heterocycles. The fourth-order valence-electron chi connectivity index (χ4n) is 3.42. The van der Waals surface area contributed by atoms with Crippen molar-refractivity contribution in [2.45, 2.75) is 65.2 Å². The van der Waals surface area contributed by atoms with Crippen molar-refractivity contribution in [1.82, 2.24) is 5.32 Å². The highest BCUT2D eigenvalue weighted by molar-refractivity contribution is 6.74. The van der Waals surface area contributed by atoms with Gasteiger partial charge in [-0.2, -0.15) is 0 Å². The van der Waals surface area contributed by atoms with Crippen LogP contribution in [0.25, 0.3) is 5.57 Å². The van der Waals surface area contributed by atoms with E-state index >= 15 is 0 Å². The van der Waals surface area contributed by atoms with Crippen molar-refractivity contribution in [2.24, 2.45) is 0 Å². The average molecular weight is 410 g/mol. The Kier molecular flexibility index (Phi) is 8.44. The zero-order chi connectivity index (χ0) is 21.5. The van der Waals surface area contributed by atoms with Crippen LogP contribution in [-0.2, 0) is 4.43 Å². The molecule has 2 aromatic rings. The van der Waals surface area contributed by atoms with Gasteiger partial charge in [0.05, 0.1) is 6.04 Å². The van der Waals surface area contributed by atoms with Gasteiger partial charge in [0.25, 0.3) is 0 Å². The lowest BCUT2D eigenvalue weighted by atomic mass is 9.90. The van der Waals surface area contributed by atoms with Crippen molar-refractivity contribution >= 4 is 13.9 Å². The largest absolute Gasteiger partial charge is 0.416 e. The van der Waals surface area contributed by atoms with Crippen LogP contribution in [0.3, 0.4) is 0 Å². The molecule has 29 heavy (non-hydrogen) atoms. The molecule has 3 heteroatoms. The Labute approximate surface area is 179 Å². The molecule has 2 rings (SSSR count). The standard InChI is InChI=1S/C26H39NOSi/c1-8-24(22-15-11-9-12-16-22)21(2)25(23-17-13-10-14-18-23)27-19-20-28-29(6,7)26(3,4)5/h9-18,25,27H,8,19-20H2,1-7H3/b24-21+/t25-/m1/s1. The van der Waals surface area contributed by atoms with Gasteiger partial charge >= 0.3 is 0 Å². The van der Waals surface area contributed by atoms with Crippen LogP contribution in [0, 0.1) is 0 Å². The normalized spacial score (nSPS) is 14.4. The number of allylic oxidation sites excluding steroid dienone is 1. The Balaban J connectivity index is 2.21. The molecule has 0 fully saturated rings. The van der Waals surface area contributed by atoms with Crippen LogP contribution in [0.1, 0.15) is 58.2 Å². The summed E-state index contributed by atoms with van der Waals surface area (Å²) in [7, 11) is -1.72. The van der Waals surface area contributed by atoms with Gasteiger partial charge in [0.2, 0.25) is 0 Å². The first-order chi connectivity index (χ1) is 13.7. The Morgan fingerprint density at radius 2 is 1.52 bits per heavy atom. The molecule has 0 aliphatic carbocycles. The summed E-state index contributed by atoms with van der Waals surface area (Å²) in [6.07, 6.45) is 1.02. The third kappa shape index (κ3) is 6.40. The first-order valence-corrected chi connectivity index (χ1v) is 13.8. The minimum absolute atomic E-state index is 0.189. The molecule has 0 saturated carbocycles. The van der Waals surface area contributed by atoms with Gasteiger partial charge in [0.1, 0.15) is 0 Å². The maximum atomic E-state index is 6.39. The molecule has 2 aromatic carbocycles. The van der Waals surface area contributed by atoms with E-state index in [2.05, 4.69) is 114 Å². The lowest BCUT2D eigenvalue weighted by Gasteiger charge is -2.36. The van der Waals surface area contributed by atoms with Gasteiger partial charge in [-0.25, -0.2) is 0 Å². The van der Waals surface area contributed by atoms with Crippen molar-refractivity contribution in [3.63, 3.8) is 0 Å². The van der Waals surface area contributed by atoms with E-state index in [0.29, 0.717) is 0 Å². The van der Waals surface area contributed by atoms with E-state index in [1.54, 1.807) is 0 Å². The monoisotopic (exact) mass is 409 g/mol. The van der Waals surface area contributed by atoms with Crippen LogP contribution in [0.4, 0.5) is 0 Å². The van der Waals surface area contributed by atoms with E-state index in [-0.39, 0.29) is 11.1 Å². The highest BCUT2D eigenvalue weighted by atomic mass is 28.4. The molecule has 0 saturated heterocycles. The molecule has 0 amide bonds. The van der Waals surface area contributed by atoms with Gasteiger partial charge < -0.3 is 9.74 Å². The topological polar surface area (TPSA) is 21.3 Å². The maximum Gasteiger partial charge on any atom is 0.192 e. The summed E-state index contributed by atoms with van der Waals surface area (Å²) in [5.74, 6) is 0. The number of hydrogen-bond acceptors (Lipinski definition) is 2. The molecule has 0 heterocycles. The lowest BCUT2D eigenvalue weighted by molar-refractivity contribution is 0.282. The van der Waals surface area contributed by atoms with Crippen LogP contribution in [0.2, 0.25) is 18.1 Å². The molecule has 0 aliphatic rings. The predicted octanol–water partition coefficient (Wildman–Crippen LogP) is 7.22. The summed E-state index contributed by atoms with van der Waals surface area (Å²) in [6.45, 7) is 17.6. The van der Waals surface area contributed by atoms with Crippen molar-refractivity contribution < 1.29 is 4.43 Å². The highest BCUT2D eigenvalue weighted by Crippen LogP contribution is 2.36. The first-order valence-electron chi connectivity index (χ1n) is 10.8. The summed E-state index contributed by atoms with van der Waals surface area (Å²) in [4.78, 5) is 0. The number of hydrogen-bond donors (Lipinski definition) is 1. The highest BCUT2D eigenvalue weighted by Gasteiger charge is 2.36. The fourth-order valence-corrected chi connectivity index (χ4v) is 4.46. The number of rotatable bonds is 9. The lowest BCUT2D eigenvalue weighted by Crippen LogP contribution is -2.42. The molecule has 0 radical (unpaired) electrons. The molecular formula is C26H39NOSi. The summed E-state index contributed by atoms with van der Waals surface area (Å²) in [5, 5.41) is 4.02. The van der Waals surface area contributed by atoms with E-state index in [9.17, 15) is 0 Å². The second kappa shape index (κ2) is 10.4. The number of nitrogens with one attached hydrogen (secondary N) is 1. The minimum atomic E-state index is -1.72. The smallest absolute Gasteiger partial charge is 0.192 e. The quantitative estimate of drug-likeness (QED) is 0.348. The Morgan fingerprint density at radius 1 is 0.966 bits per heavy atom. The zero-order valence-corrected chi connectivity index (χ0v) is 20.4. The SMILES string of the molecule is CC/C(=C(/C)[C@@H](NCCO[Si](C)(C)C(C)(C)C)c1ccccc1)c1ccccc1. The fraction of sp³-hybridized carbons (Fsp3) is 0.462. The van der Waals surface area contributed by atoms with E-state index in [4.69, 9.17) is 4.43 Å². The Hall–Kier alpha value is -1.68. The molecule has 1 atom stereocenters. The first kappa shape index (κ1) is 23.6. The van der Waals surface area contributed by atoms with Crippen LogP contribution in [0.5, 0.6) is 0 Å². The second-order valence-electron chi connectivity index (χ2n) is 9.29. The Bertz CT molecular complexity index is 775. The van der Waals surface area contributed by atoms with Gasteiger partial charge in [-0.1, -0.05) is 88.4 Å². The van der Waals surface area contributed by atoms with E-state index < -0.39 is 8.32 Å². The molecule has 1 N–H and O–H groups in total. The van der Waals surface area contributed by atoms with Gasteiger partial charge in [-0.15, -0.1) is 0 Å². The minimum Gasteiger partial charge on any atom is -0.416 e. The van der Waals surface area contributed by atoms with E-state index in [1.165, 1.54) is 22.3 Å². The van der Waals surface area contributed by atoms with Gasteiger partial charge in [0, 0.05) is 13.2 Å². The molecular weight excluding hydrogens is 370 g/mol. The third-order valence-electron chi connectivity index (χ3n) is 6.24. The van der Waals surface area contributed by atoms with Gasteiger partial charge in [0.15, 0.2) is 8.32 Å². The molecule has 0 unspecified atom stereocenters. The molecule has 0 bridgehead atoms. The van der Waals surface area contributed by atoms with Crippen LogP contribution >= 0.6 is 0 Å².